The summed E-state index contributed by atoms with van der Waals surface area (Å²) in [6.45, 7) is 2.10. The molecule has 1 saturated heterocycles. The van der Waals surface area contributed by atoms with Crippen molar-refractivity contribution in [1.82, 2.24) is 15.4 Å². The minimum atomic E-state index is -0.333. The molecule has 3 aromatic rings. The minimum Gasteiger partial charge on any atom is -0.355 e. The highest BCUT2D eigenvalue weighted by Crippen LogP contribution is 2.22. The van der Waals surface area contributed by atoms with Crippen LogP contribution >= 0.6 is 0 Å². The Labute approximate surface area is 144 Å². The van der Waals surface area contributed by atoms with Crippen LogP contribution in [0.5, 0.6) is 0 Å². The standard InChI is InChI=1S/C18H17N5O2/c24-18(16-9-10-19-25-16)20-14-5-3-13(4-6-14)15-7-8-17(22-21-15)23-11-1-2-12-23/h3-10H,1-2,11-12H2,(H,20,24). The number of amides is 1. The van der Waals surface area contributed by atoms with Gasteiger partial charge in [-0.15, -0.1) is 10.2 Å². The molecular formula is C18H17N5O2. The predicted molar refractivity (Wildman–Crippen MR) is 93.4 cm³/mol. The van der Waals surface area contributed by atoms with Gasteiger partial charge in [0.25, 0.3) is 5.91 Å². The fourth-order valence-corrected chi connectivity index (χ4v) is 2.84. The highest BCUT2D eigenvalue weighted by Gasteiger charge is 2.14. The smallest absolute Gasteiger partial charge is 0.294 e. The maximum atomic E-state index is 11.9. The molecule has 0 aliphatic carbocycles. The molecule has 25 heavy (non-hydrogen) atoms. The van der Waals surface area contributed by atoms with Crippen LogP contribution in [0.1, 0.15) is 23.4 Å². The van der Waals surface area contributed by atoms with E-state index in [9.17, 15) is 4.79 Å². The van der Waals surface area contributed by atoms with Gasteiger partial charge in [-0.3, -0.25) is 4.79 Å². The fourth-order valence-electron chi connectivity index (χ4n) is 2.84. The van der Waals surface area contributed by atoms with Crippen molar-refractivity contribution < 1.29 is 9.32 Å². The zero-order valence-corrected chi connectivity index (χ0v) is 13.6. The molecule has 7 nitrogen and oxygen atoms in total. The molecule has 0 unspecified atom stereocenters. The number of nitrogens with one attached hydrogen (secondary N) is 1. The van der Waals surface area contributed by atoms with E-state index in [1.165, 1.54) is 25.1 Å². The molecule has 1 amide bonds. The molecule has 1 fully saturated rings. The summed E-state index contributed by atoms with van der Waals surface area (Å²) >= 11 is 0. The number of rotatable bonds is 4. The van der Waals surface area contributed by atoms with Crippen LogP contribution < -0.4 is 10.2 Å². The van der Waals surface area contributed by atoms with Crippen LogP contribution in [0.3, 0.4) is 0 Å². The summed E-state index contributed by atoms with van der Waals surface area (Å²) in [5.41, 5.74) is 2.42. The molecule has 126 valence electrons. The number of nitrogens with zero attached hydrogens (tertiary/aromatic N) is 4. The average molecular weight is 335 g/mol. The lowest BCUT2D eigenvalue weighted by Crippen LogP contribution is -2.19. The molecule has 0 bridgehead atoms. The third-order valence-corrected chi connectivity index (χ3v) is 4.18. The number of carbonyl (C=O) groups is 1. The first-order chi connectivity index (χ1) is 12.3. The molecule has 1 aliphatic rings. The van der Waals surface area contributed by atoms with Crippen LogP contribution in [0, 0.1) is 0 Å². The van der Waals surface area contributed by atoms with E-state index in [0.717, 1.165) is 30.2 Å². The Morgan fingerprint density at radius 1 is 1.00 bits per heavy atom. The third-order valence-electron chi connectivity index (χ3n) is 4.18. The van der Waals surface area contributed by atoms with E-state index < -0.39 is 0 Å². The summed E-state index contributed by atoms with van der Waals surface area (Å²) in [4.78, 5) is 14.2. The molecule has 1 N–H and O–H groups in total. The van der Waals surface area contributed by atoms with E-state index in [1.807, 2.05) is 36.4 Å². The lowest BCUT2D eigenvalue weighted by atomic mass is 10.1. The first-order valence-corrected chi connectivity index (χ1v) is 8.21. The van der Waals surface area contributed by atoms with E-state index >= 15 is 0 Å². The quantitative estimate of drug-likeness (QED) is 0.789. The first kappa shape index (κ1) is 15.3. The Balaban J connectivity index is 1.45. The summed E-state index contributed by atoms with van der Waals surface area (Å²) in [6, 6.07) is 12.9. The summed E-state index contributed by atoms with van der Waals surface area (Å²) in [6.07, 6.45) is 3.86. The molecule has 0 atom stereocenters. The van der Waals surface area contributed by atoms with Crippen molar-refractivity contribution in [3.63, 3.8) is 0 Å². The van der Waals surface area contributed by atoms with Crippen LogP contribution in [-0.2, 0) is 0 Å². The number of benzene rings is 1. The highest BCUT2D eigenvalue weighted by molar-refractivity contribution is 6.02. The fraction of sp³-hybridized carbons (Fsp3) is 0.222. The molecule has 2 aromatic heterocycles. The lowest BCUT2D eigenvalue weighted by Gasteiger charge is -2.15. The number of carbonyl (C=O) groups excluding carboxylic acids is 1. The maximum absolute atomic E-state index is 11.9. The third kappa shape index (κ3) is 3.35. The van der Waals surface area contributed by atoms with Gasteiger partial charge >= 0.3 is 0 Å². The van der Waals surface area contributed by atoms with Crippen molar-refractivity contribution in [3.05, 3.63) is 54.4 Å². The Bertz CT molecular complexity index is 838. The Morgan fingerprint density at radius 3 is 2.44 bits per heavy atom. The van der Waals surface area contributed by atoms with Crippen molar-refractivity contribution in [2.75, 3.05) is 23.3 Å². The van der Waals surface area contributed by atoms with Crippen LogP contribution in [0.25, 0.3) is 11.3 Å². The monoisotopic (exact) mass is 335 g/mol. The number of hydrogen-bond acceptors (Lipinski definition) is 6. The molecule has 4 rings (SSSR count). The van der Waals surface area contributed by atoms with Gasteiger partial charge in [0.2, 0.25) is 5.76 Å². The van der Waals surface area contributed by atoms with Gasteiger partial charge < -0.3 is 14.7 Å². The highest BCUT2D eigenvalue weighted by atomic mass is 16.5. The van der Waals surface area contributed by atoms with Gasteiger partial charge in [-0.05, 0) is 37.1 Å². The zero-order valence-electron chi connectivity index (χ0n) is 13.6. The minimum absolute atomic E-state index is 0.174. The van der Waals surface area contributed by atoms with Crippen molar-refractivity contribution in [2.45, 2.75) is 12.8 Å². The van der Waals surface area contributed by atoms with E-state index in [4.69, 9.17) is 4.52 Å². The van der Waals surface area contributed by atoms with Crippen molar-refractivity contribution >= 4 is 17.4 Å². The van der Waals surface area contributed by atoms with Gasteiger partial charge in [-0.25, -0.2) is 0 Å². The second kappa shape index (κ2) is 6.72. The number of aromatic nitrogens is 3. The molecule has 3 heterocycles. The maximum Gasteiger partial charge on any atom is 0.294 e. The van der Waals surface area contributed by atoms with Gasteiger partial charge in [0.05, 0.1) is 11.9 Å². The van der Waals surface area contributed by atoms with Crippen LogP contribution in [0.4, 0.5) is 11.5 Å². The second-order valence-electron chi connectivity index (χ2n) is 5.88. The molecule has 1 aromatic carbocycles. The van der Waals surface area contributed by atoms with Gasteiger partial charge in [0, 0.05) is 30.4 Å². The van der Waals surface area contributed by atoms with Crippen LogP contribution in [0.2, 0.25) is 0 Å². The Kier molecular flexibility index (Phi) is 4.12. The van der Waals surface area contributed by atoms with Crippen molar-refractivity contribution in [1.29, 1.82) is 0 Å². The first-order valence-electron chi connectivity index (χ1n) is 8.21. The Hall–Kier alpha value is -3.22. The Morgan fingerprint density at radius 2 is 1.80 bits per heavy atom. The van der Waals surface area contributed by atoms with Gasteiger partial charge in [-0.2, -0.15) is 0 Å². The normalized spacial score (nSPS) is 13.8. The van der Waals surface area contributed by atoms with Crippen molar-refractivity contribution in [3.8, 4) is 11.3 Å². The summed E-state index contributed by atoms with van der Waals surface area (Å²) in [7, 11) is 0. The SMILES string of the molecule is O=C(Nc1ccc(-c2ccc(N3CCCC3)nn2)cc1)c1ccno1. The number of anilines is 2. The molecule has 7 heteroatoms. The van der Waals surface area contributed by atoms with Crippen LogP contribution in [0.15, 0.2) is 53.2 Å². The lowest BCUT2D eigenvalue weighted by molar-refractivity contribution is 0.0988. The van der Waals surface area contributed by atoms with Crippen LogP contribution in [-0.4, -0.2) is 34.4 Å². The van der Waals surface area contributed by atoms with E-state index in [-0.39, 0.29) is 11.7 Å². The van der Waals surface area contributed by atoms with E-state index in [2.05, 4.69) is 25.6 Å². The average Bonchev–Trinajstić information content (AvgIpc) is 3.36. The largest absolute Gasteiger partial charge is 0.355 e. The van der Waals surface area contributed by atoms with E-state index in [1.54, 1.807) is 0 Å². The molecule has 0 saturated carbocycles. The second-order valence-corrected chi connectivity index (χ2v) is 5.88. The molecular weight excluding hydrogens is 318 g/mol. The summed E-state index contributed by atoms with van der Waals surface area (Å²) in [5.74, 6) is 0.768. The van der Waals surface area contributed by atoms with Crippen molar-refractivity contribution in [2.24, 2.45) is 0 Å². The summed E-state index contributed by atoms with van der Waals surface area (Å²) < 4.78 is 4.83. The van der Waals surface area contributed by atoms with Gasteiger partial charge in [0.1, 0.15) is 0 Å². The van der Waals surface area contributed by atoms with E-state index in [0.29, 0.717) is 5.69 Å². The van der Waals surface area contributed by atoms with Gasteiger partial charge in [0.15, 0.2) is 5.82 Å². The topological polar surface area (TPSA) is 84.2 Å². The predicted octanol–water partition coefficient (Wildman–Crippen LogP) is 2.98. The molecule has 0 radical (unpaired) electrons. The molecule has 0 spiro atoms. The molecule has 1 aliphatic heterocycles. The number of hydrogen-bond donors (Lipinski definition) is 1. The summed E-state index contributed by atoms with van der Waals surface area (Å²) in [5, 5.41) is 14.9. The zero-order chi connectivity index (χ0) is 17.1. The van der Waals surface area contributed by atoms with Gasteiger partial charge in [-0.1, -0.05) is 17.3 Å².